The van der Waals surface area contributed by atoms with Crippen LogP contribution in [0.2, 0.25) is 0 Å². The molecule has 1 amide bonds. The van der Waals surface area contributed by atoms with Crippen molar-refractivity contribution in [1.29, 1.82) is 5.26 Å². The molecule has 7 heteroatoms. The van der Waals surface area contributed by atoms with E-state index in [-0.39, 0.29) is 5.91 Å². The third-order valence-corrected chi connectivity index (χ3v) is 5.84. The molecule has 0 atom stereocenters. The molecule has 0 aliphatic carbocycles. The van der Waals surface area contributed by atoms with Gasteiger partial charge in [-0.1, -0.05) is 0 Å². The summed E-state index contributed by atoms with van der Waals surface area (Å²) in [7, 11) is 1.35. The molecule has 0 radical (unpaired) electrons. The molecule has 0 saturated carbocycles. The maximum atomic E-state index is 12.6. The molecule has 1 aliphatic heterocycles. The predicted octanol–water partition coefficient (Wildman–Crippen LogP) is 3.43. The van der Waals surface area contributed by atoms with E-state index >= 15 is 0 Å². The van der Waals surface area contributed by atoms with Gasteiger partial charge in [0.15, 0.2) is 0 Å². The van der Waals surface area contributed by atoms with E-state index in [9.17, 15) is 9.59 Å². The van der Waals surface area contributed by atoms with Crippen molar-refractivity contribution in [3.05, 3.63) is 51.4 Å². The van der Waals surface area contributed by atoms with Gasteiger partial charge in [-0.15, -0.1) is 11.3 Å². The van der Waals surface area contributed by atoms with Crippen molar-refractivity contribution in [2.45, 2.75) is 32.9 Å². The smallest absolute Gasteiger partial charge is 0.341 e. The molecule has 2 heterocycles. The number of hydrogen-bond donors (Lipinski definition) is 1. The number of carbonyl (C=O) groups is 2. The normalized spacial score (nSPS) is 13.7. The summed E-state index contributed by atoms with van der Waals surface area (Å²) in [5.74, 6) is -0.746. The van der Waals surface area contributed by atoms with Crippen LogP contribution in [0.5, 0.6) is 0 Å². The quantitative estimate of drug-likeness (QED) is 0.818. The van der Waals surface area contributed by atoms with Crippen LogP contribution < -0.4 is 5.32 Å². The molecule has 3 rings (SSSR count). The van der Waals surface area contributed by atoms with Crippen molar-refractivity contribution in [1.82, 2.24) is 4.90 Å². The first-order valence-corrected chi connectivity index (χ1v) is 9.54. The van der Waals surface area contributed by atoms with Gasteiger partial charge >= 0.3 is 5.97 Å². The number of carbonyl (C=O) groups excluding carboxylic acids is 2. The molecular weight excluding hydrogens is 362 g/mol. The highest BCUT2D eigenvalue weighted by molar-refractivity contribution is 7.17. The van der Waals surface area contributed by atoms with Gasteiger partial charge in [0.2, 0.25) is 0 Å². The van der Waals surface area contributed by atoms with Crippen molar-refractivity contribution >= 4 is 28.2 Å². The summed E-state index contributed by atoms with van der Waals surface area (Å²) in [6, 6.07) is 8.82. The number of benzene rings is 1. The fraction of sp³-hybridized carbons (Fsp3) is 0.350. The maximum Gasteiger partial charge on any atom is 0.341 e. The summed E-state index contributed by atoms with van der Waals surface area (Å²) in [4.78, 5) is 28.4. The SMILES string of the molecule is COC(=O)c1c(NC(=O)c2ccc(C#N)cc2)sc2c1CCN(C(C)C)C2. The zero-order valence-electron chi connectivity index (χ0n) is 15.5. The second-order valence-corrected chi connectivity index (χ2v) is 7.76. The predicted molar refractivity (Wildman–Crippen MR) is 104 cm³/mol. The van der Waals surface area contributed by atoms with Crippen molar-refractivity contribution in [3.8, 4) is 6.07 Å². The molecular formula is C20H21N3O3S. The third kappa shape index (κ3) is 3.87. The Bertz CT molecular complexity index is 910. The van der Waals surface area contributed by atoms with Crippen LogP contribution in [0.15, 0.2) is 24.3 Å². The van der Waals surface area contributed by atoms with E-state index in [1.54, 1.807) is 24.3 Å². The number of amides is 1. The van der Waals surface area contributed by atoms with Crippen molar-refractivity contribution in [2.24, 2.45) is 0 Å². The lowest BCUT2D eigenvalue weighted by atomic mass is 10.0. The first kappa shape index (κ1) is 19.1. The Balaban J connectivity index is 1.91. The van der Waals surface area contributed by atoms with Gasteiger partial charge in [0.1, 0.15) is 5.00 Å². The Morgan fingerprint density at radius 3 is 2.59 bits per heavy atom. The number of nitrogens with zero attached hydrogens (tertiary/aromatic N) is 2. The van der Waals surface area contributed by atoms with Crippen LogP contribution in [0.1, 0.15) is 50.6 Å². The Morgan fingerprint density at radius 1 is 1.30 bits per heavy atom. The van der Waals surface area contributed by atoms with Crippen LogP contribution >= 0.6 is 11.3 Å². The van der Waals surface area contributed by atoms with Crippen LogP contribution in [0, 0.1) is 11.3 Å². The molecule has 2 aromatic rings. The summed E-state index contributed by atoms with van der Waals surface area (Å²) in [5, 5.41) is 12.3. The third-order valence-electron chi connectivity index (χ3n) is 4.71. The first-order valence-electron chi connectivity index (χ1n) is 8.73. The molecule has 27 heavy (non-hydrogen) atoms. The minimum Gasteiger partial charge on any atom is -0.465 e. The largest absolute Gasteiger partial charge is 0.465 e. The van der Waals surface area contributed by atoms with Gasteiger partial charge in [-0.3, -0.25) is 9.69 Å². The lowest BCUT2D eigenvalue weighted by molar-refractivity contribution is 0.0600. The molecule has 1 aromatic heterocycles. The Kier molecular flexibility index (Phi) is 5.59. The summed E-state index contributed by atoms with van der Waals surface area (Å²) in [6.45, 7) is 5.92. The van der Waals surface area contributed by atoms with Gasteiger partial charge in [0.05, 0.1) is 24.3 Å². The molecule has 0 spiro atoms. The number of rotatable bonds is 4. The van der Waals surface area contributed by atoms with Gasteiger partial charge in [0.25, 0.3) is 5.91 Å². The number of nitriles is 1. The van der Waals surface area contributed by atoms with Gasteiger partial charge in [0, 0.05) is 29.6 Å². The fourth-order valence-electron chi connectivity index (χ4n) is 3.14. The standard InChI is InChI=1S/C20H21N3O3S/c1-12(2)23-9-8-15-16(11-23)27-19(17(15)20(25)26-3)22-18(24)14-6-4-13(10-21)5-7-14/h4-7,12H,8-9,11H2,1-3H3,(H,22,24). The maximum absolute atomic E-state index is 12.6. The molecule has 0 bridgehead atoms. The van der Waals surface area contributed by atoms with Crippen LogP contribution in [0.3, 0.4) is 0 Å². The van der Waals surface area contributed by atoms with Crippen molar-refractivity contribution in [3.63, 3.8) is 0 Å². The second-order valence-electron chi connectivity index (χ2n) is 6.66. The van der Waals surface area contributed by atoms with E-state index in [1.165, 1.54) is 18.4 Å². The molecule has 140 valence electrons. The number of hydrogen-bond acceptors (Lipinski definition) is 6. The zero-order chi connectivity index (χ0) is 19.6. The summed E-state index contributed by atoms with van der Waals surface area (Å²) in [5.41, 5.74) is 2.35. The molecule has 0 unspecified atom stereocenters. The molecule has 1 aliphatic rings. The molecule has 1 aromatic carbocycles. The van der Waals surface area contributed by atoms with E-state index in [2.05, 4.69) is 24.1 Å². The zero-order valence-corrected chi connectivity index (χ0v) is 16.4. The van der Waals surface area contributed by atoms with Crippen LogP contribution in [0.4, 0.5) is 5.00 Å². The average Bonchev–Trinajstić information content (AvgIpc) is 3.04. The lowest BCUT2D eigenvalue weighted by Gasteiger charge is -2.30. The minimum absolute atomic E-state index is 0.316. The van der Waals surface area contributed by atoms with E-state index in [4.69, 9.17) is 10.00 Å². The number of ether oxygens (including phenoxy) is 1. The van der Waals surface area contributed by atoms with Crippen LogP contribution in [-0.2, 0) is 17.7 Å². The second kappa shape index (κ2) is 7.91. The van der Waals surface area contributed by atoms with Crippen molar-refractivity contribution in [2.75, 3.05) is 19.0 Å². The van der Waals surface area contributed by atoms with E-state index in [1.807, 2.05) is 6.07 Å². The summed E-state index contributed by atoms with van der Waals surface area (Å²) < 4.78 is 4.96. The van der Waals surface area contributed by atoms with Gasteiger partial charge in [-0.05, 0) is 50.1 Å². The number of thiophene rings is 1. The first-order chi connectivity index (χ1) is 12.9. The number of nitrogens with one attached hydrogen (secondary N) is 1. The van der Waals surface area contributed by atoms with Gasteiger partial charge in [-0.2, -0.15) is 5.26 Å². The van der Waals surface area contributed by atoms with E-state index < -0.39 is 5.97 Å². The van der Waals surface area contributed by atoms with E-state index in [0.29, 0.717) is 27.7 Å². The number of esters is 1. The molecule has 0 saturated heterocycles. The monoisotopic (exact) mass is 383 g/mol. The summed E-state index contributed by atoms with van der Waals surface area (Å²) in [6.07, 6.45) is 0.751. The van der Waals surface area contributed by atoms with Crippen molar-refractivity contribution < 1.29 is 14.3 Å². The Hall–Kier alpha value is -2.69. The fourth-order valence-corrected chi connectivity index (χ4v) is 4.40. The molecule has 1 N–H and O–H groups in total. The Labute approximate surface area is 162 Å². The van der Waals surface area contributed by atoms with E-state index in [0.717, 1.165) is 30.0 Å². The highest BCUT2D eigenvalue weighted by Crippen LogP contribution is 2.38. The topological polar surface area (TPSA) is 82.4 Å². The number of anilines is 1. The summed E-state index contributed by atoms with van der Waals surface area (Å²) >= 11 is 1.43. The average molecular weight is 383 g/mol. The van der Waals surface area contributed by atoms with Crippen LogP contribution in [-0.4, -0.2) is 36.5 Å². The Morgan fingerprint density at radius 2 is 2.00 bits per heavy atom. The van der Waals surface area contributed by atoms with Gasteiger partial charge in [-0.25, -0.2) is 4.79 Å². The highest BCUT2D eigenvalue weighted by Gasteiger charge is 2.30. The minimum atomic E-state index is -0.430. The number of methoxy groups -OCH3 is 1. The molecule has 0 fully saturated rings. The number of fused-ring (bicyclic) bond motifs is 1. The lowest BCUT2D eigenvalue weighted by Crippen LogP contribution is -2.35. The van der Waals surface area contributed by atoms with Crippen LogP contribution in [0.25, 0.3) is 0 Å². The molecule has 6 nitrogen and oxygen atoms in total. The van der Waals surface area contributed by atoms with Gasteiger partial charge < -0.3 is 10.1 Å². The highest BCUT2D eigenvalue weighted by atomic mass is 32.1.